The zero-order valence-corrected chi connectivity index (χ0v) is 10.1. The Morgan fingerprint density at radius 1 is 1.25 bits per heavy atom. The second kappa shape index (κ2) is 6.28. The Morgan fingerprint density at radius 3 is 2.62 bits per heavy atom. The molecular weight excluding hydrogens is 204 g/mol. The number of benzene rings is 1. The topological polar surface area (TPSA) is 35.5 Å². The number of carbonyl (C=O) groups excluding carboxylic acids is 1. The van der Waals surface area contributed by atoms with Crippen LogP contribution in [0.2, 0.25) is 0 Å². The Morgan fingerprint density at radius 2 is 2.00 bits per heavy atom. The third kappa shape index (κ3) is 4.03. The summed E-state index contributed by atoms with van der Waals surface area (Å²) in [5.41, 5.74) is 1.73. The first-order valence-corrected chi connectivity index (χ1v) is 5.38. The van der Waals surface area contributed by atoms with Gasteiger partial charge in [0, 0.05) is 25.7 Å². The molecule has 0 bridgehead atoms. The fourth-order valence-electron chi connectivity index (χ4n) is 1.43. The maximum atomic E-state index is 11.3. The van der Waals surface area contributed by atoms with Gasteiger partial charge in [0.1, 0.15) is 5.75 Å². The zero-order valence-electron chi connectivity index (χ0n) is 10.1. The molecule has 0 saturated heterocycles. The van der Waals surface area contributed by atoms with Crippen molar-refractivity contribution < 1.29 is 14.3 Å². The molecule has 0 atom stereocenters. The lowest BCUT2D eigenvalue weighted by molar-refractivity contribution is 0.101. The number of Topliss-reactive ketones (excluding diaryl/α,β-unsaturated/α-hetero) is 1. The first kappa shape index (κ1) is 12.7. The minimum absolute atomic E-state index is 0.0606. The predicted octanol–water partition coefficient (Wildman–Crippen LogP) is 2.61. The summed E-state index contributed by atoms with van der Waals surface area (Å²) in [6.07, 6.45) is 0.847. The highest BCUT2D eigenvalue weighted by Gasteiger charge is 2.03. The average Bonchev–Trinajstić information content (AvgIpc) is 2.23. The molecule has 0 unspecified atom stereocenters. The summed E-state index contributed by atoms with van der Waals surface area (Å²) in [7, 11) is 1.67. The summed E-state index contributed by atoms with van der Waals surface area (Å²) in [6.45, 7) is 4.80. The van der Waals surface area contributed by atoms with Crippen LogP contribution in [0.25, 0.3) is 0 Å². The van der Waals surface area contributed by atoms with Crippen molar-refractivity contribution in [3.8, 4) is 5.75 Å². The van der Waals surface area contributed by atoms with E-state index in [0.29, 0.717) is 18.8 Å². The Bertz CT molecular complexity index is 358. The van der Waals surface area contributed by atoms with Gasteiger partial charge in [-0.05, 0) is 37.6 Å². The van der Waals surface area contributed by atoms with E-state index in [-0.39, 0.29) is 5.78 Å². The van der Waals surface area contributed by atoms with Gasteiger partial charge < -0.3 is 9.47 Å². The van der Waals surface area contributed by atoms with E-state index in [1.165, 1.54) is 0 Å². The number of hydrogen-bond acceptors (Lipinski definition) is 3. The molecule has 3 nitrogen and oxygen atoms in total. The smallest absolute Gasteiger partial charge is 0.159 e. The highest BCUT2D eigenvalue weighted by Crippen LogP contribution is 2.17. The van der Waals surface area contributed by atoms with Crippen molar-refractivity contribution >= 4 is 5.78 Å². The molecule has 3 heteroatoms. The normalized spacial score (nSPS) is 10.2. The van der Waals surface area contributed by atoms with Gasteiger partial charge in [-0.25, -0.2) is 0 Å². The van der Waals surface area contributed by atoms with Crippen LogP contribution in [-0.4, -0.2) is 26.1 Å². The molecule has 88 valence electrons. The van der Waals surface area contributed by atoms with E-state index in [0.717, 1.165) is 17.7 Å². The van der Waals surface area contributed by atoms with Gasteiger partial charge >= 0.3 is 0 Å². The SMILES string of the molecule is COCCCOc1cc(C)cc(C(C)=O)c1. The van der Waals surface area contributed by atoms with Crippen molar-refractivity contribution in [2.45, 2.75) is 20.3 Å². The minimum Gasteiger partial charge on any atom is -0.493 e. The van der Waals surface area contributed by atoms with Crippen LogP contribution in [0, 0.1) is 6.92 Å². The molecule has 1 aromatic carbocycles. The molecule has 0 fully saturated rings. The number of aryl methyl sites for hydroxylation is 1. The van der Waals surface area contributed by atoms with Crippen molar-refractivity contribution in [3.05, 3.63) is 29.3 Å². The maximum absolute atomic E-state index is 11.3. The fraction of sp³-hybridized carbons (Fsp3) is 0.462. The standard InChI is InChI=1S/C13H18O3/c1-10-7-12(11(2)14)9-13(8-10)16-6-4-5-15-3/h7-9H,4-6H2,1-3H3. The lowest BCUT2D eigenvalue weighted by atomic mass is 10.1. The number of rotatable bonds is 6. The van der Waals surface area contributed by atoms with Gasteiger partial charge in [0.05, 0.1) is 6.61 Å². The third-order valence-corrected chi connectivity index (χ3v) is 2.22. The van der Waals surface area contributed by atoms with E-state index in [1.54, 1.807) is 20.1 Å². The fourth-order valence-corrected chi connectivity index (χ4v) is 1.43. The van der Waals surface area contributed by atoms with Crippen molar-refractivity contribution in [1.29, 1.82) is 0 Å². The molecule has 0 heterocycles. The molecular formula is C13H18O3. The van der Waals surface area contributed by atoms with Crippen LogP contribution in [0.15, 0.2) is 18.2 Å². The molecule has 0 spiro atoms. The predicted molar refractivity (Wildman–Crippen MR) is 63.2 cm³/mol. The molecule has 0 radical (unpaired) electrons. The van der Waals surface area contributed by atoms with Crippen molar-refractivity contribution in [2.24, 2.45) is 0 Å². The molecule has 0 amide bonds. The molecule has 0 saturated carbocycles. The highest BCUT2D eigenvalue weighted by atomic mass is 16.5. The van der Waals surface area contributed by atoms with Crippen LogP contribution >= 0.6 is 0 Å². The van der Waals surface area contributed by atoms with E-state index < -0.39 is 0 Å². The van der Waals surface area contributed by atoms with E-state index in [1.807, 2.05) is 19.1 Å². The second-order valence-corrected chi connectivity index (χ2v) is 3.79. The summed E-state index contributed by atoms with van der Waals surface area (Å²) in [6, 6.07) is 5.58. The van der Waals surface area contributed by atoms with Crippen LogP contribution in [-0.2, 0) is 4.74 Å². The Kier molecular flexibility index (Phi) is 4.99. The van der Waals surface area contributed by atoms with Crippen LogP contribution in [0.3, 0.4) is 0 Å². The summed E-state index contributed by atoms with van der Waals surface area (Å²) in [5, 5.41) is 0. The van der Waals surface area contributed by atoms with E-state index in [4.69, 9.17) is 9.47 Å². The van der Waals surface area contributed by atoms with E-state index in [9.17, 15) is 4.79 Å². The van der Waals surface area contributed by atoms with Gasteiger partial charge in [0.25, 0.3) is 0 Å². The summed E-state index contributed by atoms with van der Waals surface area (Å²) in [4.78, 5) is 11.3. The third-order valence-electron chi connectivity index (χ3n) is 2.22. The summed E-state index contributed by atoms with van der Waals surface area (Å²) in [5.74, 6) is 0.812. The minimum atomic E-state index is 0.0606. The number of carbonyl (C=O) groups is 1. The van der Waals surface area contributed by atoms with Gasteiger partial charge in [-0.2, -0.15) is 0 Å². The quantitative estimate of drug-likeness (QED) is 0.548. The molecule has 0 aliphatic carbocycles. The second-order valence-electron chi connectivity index (χ2n) is 3.79. The van der Waals surface area contributed by atoms with Gasteiger partial charge in [-0.3, -0.25) is 4.79 Å². The first-order chi connectivity index (χ1) is 7.63. The lowest BCUT2D eigenvalue weighted by Gasteiger charge is -2.08. The number of ether oxygens (including phenoxy) is 2. The molecule has 0 aliphatic rings. The van der Waals surface area contributed by atoms with E-state index in [2.05, 4.69) is 0 Å². The van der Waals surface area contributed by atoms with Gasteiger partial charge in [0.15, 0.2) is 5.78 Å². The average molecular weight is 222 g/mol. The van der Waals surface area contributed by atoms with E-state index >= 15 is 0 Å². The molecule has 1 aromatic rings. The molecule has 0 aromatic heterocycles. The molecule has 0 N–H and O–H groups in total. The van der Waals surface area contributed by atoms with Crippen LogP contribution < -0.4 is 4.74 Å². The van der Waals surface area contributed by atoms with Crippen molar-refractivity contribution in [3.63, 3.8) is 0 Å². The Labute approximate surface area is 96.4 Å². The van der Waals surface area contributed by atoms with Gasteiger partial charge in [0.2, 0.25) is 0 Å². The van der Waals surface area contributed by atoms with Gasteiger partial charge in [-0.1, -0.05) is 0 Å². The van der Waals surface area contributed by atoms with Crippen LogP contribution in [0.1, 0.15) is 29.3 Å². The highest BCUT2D eigenvalue weighted by molar-refractivity contribution is 5.94. The molecule has 1 rings (SSSR count). The Balaban J connectivity index is 2.62. The zero-order chi connectivity index (χ0) is 12.0. The van der Waals surface area contributed by atoms with Crippen molar-refractivity contribution in [1.82, 2.24) is 0 Å². The van der Waals surface area contributed by atoms with Crippen LogP contribution in [0.5, 0.6) is 5.75 Å². The summed E-state index contributed by atoms with van der Waals surface area (Å²) < 4.78 is 10.5. The van der Waals surface area contributed by atoms with Gasteiger partial charge in [-0.15, -0.1) is 0 Å². The maximum Gasteiger partial charge on any atom is 0.159 e. The number of hydrogen-bond donors (Lipinski definition) is 0. The summed E-state index contributed by atoms with van der Waals surface area (Å²) >= 11 is 0. The lowest BCUT2D eigenvalue weighted by Crippen LogP contribution is -2.02. The largest absolute Gasteiger partial charge is 0.493 e. The molecule has 16 heavy (non-hydrogen) atoms. The van der Waals surface area contributed by atoms with Crippen LogP contribution in [0.4, 0.5) is 0 Å². The number of methoxy groups -OCH3 is 1. The molecule has 0 aliphatic heterocycles. The number of ketones is 1. The first-order valence-electron chi connectivity index (χ1n) is 5.38. The Hall–Kier alpha value is -1.35. The monoisotopic (exact) mass is 222 g/mol. The van der Waals surface area contributed by atoms with Crippen molar-refractivity contribution in [2.75, 3.05) is 20.3 Å².